The highest BCUT2D eigenvalue weighted by Gasteiger charge is 2.10. The molecule has 2 nitrogen and oxygen atoms in total. The molecule has 0 amide bonds. The Morgan fingerprint density at radius 2 is 2.07 bits per heavy atom. The molecule has 2 rings (SSSR count). The van der Waals surface area contributed by atoms with Crippen molar-refractivity contribution < 1.29 is 4.74 Å². The van der Waals surface area contributed by atoms with Gasteiger partial charge in [-0.05, 0) is 34.1 Å². The van der Waals surface area contributed by atoms with Gasteiger partial charge in [-0.2, -0.15) is 0 Å². The van der Waals surface area contributed by atoms with Crippen molar-refractivity contribution in [2.24, 2.45) is 0 Å². The van der Waals surface area contributed by atoms with E-state index < -0.39 is 0 Å². The molecule has 0 unspecified atom stereocenters. The molecule has 0 atom stereocenters. The lowest BCUT2D eigenvalue weighted by molar-refractivity contribution is 0.413. The molecule has 0 aliphatic rings. The van der Waals surface area contributed by atoms with Gasteiger partial charge >= 0.3 is 0 Å². The van der Waals surface area contributed by atoms with Gasteiger partial charge in [0.25, 0.3) is 0 Å². The van der Waals surface area contributed by atoms with Crippen LogP contribution >= 0.6 is 39.1 Å². The highest BCUT2D eigenvalue weighted by Crippen LogP contribution is 2.35. The number of ether oxygens (including phenoxy) is 1. The van der Waals surface area contributed by atoms with Crippen LogP contribution in [0.5, 0.6) is 5.75 Å². The lowest BCUT2D eigenvalue weighted by atomic mass is 10.2. The number of nitrogens with zero attached hydrogens (tertiary/aromatic N) is 1. The van der Waals surface area contributed by atoms with Crippen LogP contribution in [0.3, 0.4) is 0 Å². The predicted molar refractivity (Wildman–Crippen MR) is 66.0 cm³/mol. The summed E-state index contributed by atoms with van der Waals surface area (Å²) in [6, 6.07) is 5.29. The molecular formula is C10H6BrCl2NO. The molecule has 0 aliphatic heterocycles. The third kappa shape index (κ3) is 1.92. The molecule has 15 heavy (non-hydrogen) atoms. The molecule has 0 spiro atoms. The molecule has 0 bridgehead atoms. The molecule has 1 heterocycles. The Morgan fingerprint density at radius 3 is 2.73 bits per heavy atom. The Morgan fingerprint density at radius 1 is 1.33 bits per heavy atom. The lowest BCUT2D eigenvalue weighted by Crippen LogP contribution is -1.88. The molecule has 5 heteroatoms. The van der Waals surface area contributed by atoms with Crippen LogP contribution in [0.2, 0.25) is 10.2 Å². The lowest BCUT2D eigenvalue weighted by Gasteiger charge is -2.07. The maximum absolute atomic E-state index is 6.04. The van der Waals surface area contributed by atoms with Gasteiger partial charge in [0.15, 0.2) is 0 Å². The Labute approximate surface area is 105 Å². The summed E-state index contributed by atoms with van der Waals surface area (Å²) in [7, 11) is 1.60. The van der Waals surface area contributed by atoms with Crippen LogP contribution in [0, 0.1) is 0 Å². The van der Waals surface area contributed by atoms with Crippen LogP contribution in [0.15, 0.2) is 22.7 Å². The molecule has 78 valence electrons. The molecule has 1 aromatic heterocycles. The summed E-state index contributed by atoms with van der Waals surface area (Å²) in [6.45, 7) is 0. The first-order valence-corrected chi connectivity index (χ1v) is 5.66. The van der Waals surface area contributed by atoms with Crippen LogP contribution in [0.25, 0.3) is 10.9 Å². The summed E-state index contributed by atoms with van der Waals surface area (Å²) in [4.78, 5) is 4.20. The van der Waals surface area contributed by atoms with Crippen LogP contribution in [0.4, 0.5) is 0 Å². The maximum Gasteiger partial charge on any atom is 0.135 e. The quantitative estimate of drug-likeness (QED) is 0.732. The third-order valence-electron chi connectivity index (χ3n) is 2.02. The number of pyridine rings is 1. The van der Waals surface area contributed by atoms with Gasteiger partial charge in [0.05, 0.1) is 22.1 Å². The summed E-state index contributed by atoms with van der Waals surface area (Å²) in [6.07, 6.45) is 0. The third-order valence-corrected chi connectivity index (χ3v) is 3.30. The van der Waals surface area contributed by atoms with Gasteiger partial charge in [0.1, 0.15) is 10.9 Å². The first-order chi connectivity index (χ1) is 7.13. The van der Waals surface area contributed by atoms with Gasteiger partial charge in [-0.1, -0.05) is 23.2 Å². The molecule has 0 saturated carbocycles. The van der Waals surface area contributed by atoms with Gasteiger partial charge in [-0.3, -0.25) is 0 Å². The Balaban J connectivity index is 2.86. The molecule has 0 aliphatic carbocycles. The fraction of sp³-hybridized carbons (Fsp3) is 0.100. The van der Waals surface area contributed by atoms with Crippen LogP contribution in [-0.2, 0) is 0 Å². The largest absolute Gasteiger partial charge is 0.495 e. The fourth-order valence-electron chi connectivity index (χ4n) is 1.33. The van der Waals surface area contributed by atoms with Crippen molar-refractivity contribution in [2.75, 3.05) is 7.11 Å². The van der Waals surface area contributed by atoms with E-state index in [4.69, 9.17) is 27.9 Å². The van der Waals surface area contributed by atoms with Crippen molar-refractivity contribution in [1.82, 2.24) is 4.98 Å². The van der Waals surface area contributed by atoms with Crippen LogP contribution < -0.4 is 4.74 Å². The number of hydrogen-bond donors (Lipinski definition) is 0. The number of rotatable bonds is 1. The average Bonchev–Trinajstić information content (AvgIpc) is 2.19. The van der Waals surface area contributed by atoms with Crippen LogP contribution in [0.1, 0.15) is 0 Å². The smallest absolute Gasteiger partial charge is 0.135 e. The second-order valence-corrected chi connectivity index (χ2v) is 4.49. The van der Waals surface area contributed by atoms with Crippen molar-refractivity contribution in [2.45, 2.75) is 0 Å². The number of methoxy groups -OCH3 is 1. The van der Waals surface area contributed by atoms with Gasteiger partial charge in [-0.15, -0.1) is 0 Å². The van der Waals surface area contributed by atoms with E-state index in [-0.39, 0.29) is 0 Å². The summed E-state index contributed by atoms with van der Waals surface area (Å²) in [5, 5.41) is 1.78. The first-order valence-electron chi connectivity index (χ1n) is 4.11. The van der Waals surface area contributed by atoms with Gasteiger partial charge in [0, 0.05) is 5.39 Å². The molecule has 1 aromatic carbocycles. The standard InChI is InChI=1S/C10H6BrCl2NO/c1-15-7-3-2-5-6(12)4-8(13)14-10(5)9(7)11/h2-4H,1H3. The fourth-order valence-corrected chi connectivity index (χ4v) is 2.43. The molecule has 0 fully saturated rings. The van der Waals surface area contributed by atoms with Crippen LogP contribution in [-0.4, -0.2) is 12.1 Å². The first kappa shape index (κ1) is 11.0. The topological polar surface area (TPSA) is 22.1 Å². The molecule has 0 N–H and O–H groups in total. The summed E-state index contributed by atoms with van der Waals surface area (Å²) in [5.74, 6) is 0.702. The minimum absolute atomic E-state index is 0.362. The monoisotopic (exact) mass is 305 g/mol. The summed E-state index contributed by atoms with van der Waals surface area (Å²) < 4.78 is 5.92. The normalized spacial score (nSPS) is 10.7. The molecule has 0 saturated heterocycles. The van der Waals surface area contributed by atoms with E-state index in [0.29, 0.717) is 21.4 Å². The number of aromatic nitrogens is 1. The van der Waals surface area contributed by atoms with E-state index in [0.717, 1.165) is 9.86 Å². The van der Waals surface area contributed by atoms with Crippen molar-refractivity contribution in [1.29, 1.82) is 0 Å². The molecule has 2 aromatic rings. The van der Waals surface area contributed by atoms with Crippen molar-refractivity contribution in [3.8, 4) is 5.75 Å². The minimum atomic E-state index is 0.362. The SMILES string of the molecule is COc1ccc2c(Cl)cc(Cl)nc2c1Br. The second-order valence-electron chi connectivity index (χ2n) is 2.90. The zero-order chi connectivity index (χ0) is 11.0. The van der Waals surface area contributed by atoms with Crippen molar-refractivity contribution >= 4 is 50.0 Å². The summed E-state index contributed by atoms with van der Waals surface area (Å²) in [5.41, 5.74) is 0.701. The molecular weight excluding hydrogens is 301 g/mol. The van der Waals surface area contributed by atoms with Gasteiger partial charge in [-0.25, -0.2) is 4.98 Å². The van der Waals surface area contributed by atoms with E-state index in [2.05, 4.69) is 20.9 Å². The Hall–Kier alpha value is -0.510. The number of fused-ring (bicyclic) bond motifs is 1. The maximum atomic E-state index is 6.04. The van der Waals surface area contributed by atoms with Gasteiger partial charge < -0.3 is 4.74 Å². The van der Waals surface area contributed by atoms with E-state index in [1.165, 1.54) is 0 Å². The average molecular weight is 307 g/mol. The zero-order valence-electron chi connectivity index (χ0n) is 7.72. The number of benzene rings is 1. The zero-order valence-corrected chi connectivity index (χ0v) is 10.8. The number of hydrogen-bond acceptors (Lipinski definition) is 2. The minimum Gasteiger partial charge on any atom is -0.495 e. The van der Waals surface area contributed by atoms with E-state index in [1.807, 2.05) is 12.1 Å². The van der Waals surface area contributed by atoms with Gasteiger partial charge in [0.2, 0.25) is 0 Å². The summed E-state index contributed by atoms with van der Waals surface area (Å²) >= 11 is 15.3. The van der Waals surface area contributed by atoms with E-state index in [9.17, 15) is 0 Å². The van der Waals surface area contributed by atoms with Crippen molar-refractivity contribution in [3.63, 3.8) is 0 Å². The molecule has 0 radical (unpaired) electrons. The van der Waals surface area contributed by atoms with E-state index in [1.54, 1.807) is 13.2 Å². The Bertz CT molecular complexity index is 530. The highest BCUT2D eigenvalue weighted by molar-refractivity contribution is 9.10. The Kier molecular flexibility index (Phi) is 3.05. The van der Waals surface area contributed by atoms with Crippen molar-refractivity contribution in [3.05, 3.63) is 32.8 Å². The number of halogens is 3. The second kappa shape index (κ2) is 4.16. The van der Waals surface area contributed by atoms with E-state index >= 15 is 0 Å². The predicted octanol–water partition coefficient (Wildman–Crippen LogP) is 4.31. The highest BCUT2D eigenvalue weighted by atomic mass is 79.9.